The number of rotatable bonds is 2. The summed E-state index contributed by atoms with van der Waals surface area (Å²) in [6.07, 6.45) is 0. The third-order valence-corrected chi connectivity index (χ3v) is 3.18. The van der Waals surface area contributed by atoms with Gasteiger partial charge in [0.1, 0.15) is 0 Å². The Balaban J connectivity index is 2.14. The molecule has 0 fully saturated rings. The van der Waals surface area contributed by atoms with Crippen molar-refractivity contribution in [3.63, 3.8) is 0 Å². The Bertz CT molecular complexity index is 735. The van der Waals surface area contributed by atoms with E-state index in [1.807, 2.05) is 36.2 Å². The van der Waals surface area contributed by atoms with E-state index < -0.39 is 0 Å². The Morgan fingerprint density at radius 3 is 2.68 bits per heavy atom. The molecule has 96 valence electrons. The summed E-state index contributed by atoms with van der Waals surface area (Å²) in [6.45, 7) is 2.06. The molecular weight excluding hydrogens is 240 g/mol. The van der Waals surface area contributed by atoms with Crippen molar-refractivity contribution in [2.75, 3.05) is 17.7 Å². The SMILES string of the molecule is Cc1cccc(N(C)c2ccc(N)c3nonc23)c1. The highest BCUT2D eigenvalue weighted by atomic mass is 16.6. The molecule has 0 amide bonds. The molecular formula is C14H14N4O. The lowest BCUT2D eigenvalue weighted by molar-refractivity contribution is 0.315. The van der Waals surface area contributed by atoms with E-state index in [9.17, 15) is 0 Å². The van der Waals surface area contributed by atoms with Gasteiger partial charge in [-0.1, -0.05) is 12.1 Å². The third kappa shape index (κ3) is 1.89. The van der Waals surface area contributed by atoms with E-state index in [1.165, 1.54) is 5.56 Å². The van der Waals surface area contributed by atoms with Gasteiger partial charge in [0, 0.05) is 12.7 Å². The minimum absolute atomic E-state index is 0.567. The number of hydrogen-bond donors (Lipinski definition) is 1. The van der Waals surface area contributed by atoms with Crippen LogP contribution in [0, 0.1) is 6.92 Å². The van der Waals surface area contributed by atoms with Gasteiger partial charge in [-0.05, 0) is 47.1 Å². The lowest BCUT2D eigenvalue weighted by Gasteiger charge is -2.20. The van der Waals surface area contributed by atoms with Crippen molar-refractivity contribution in [1.29, 1.82) is 0 Å². The second-order valence-electron chi connectivity index (χ2n) is 4.53. The zero-order valence-electron chi connectivity index (χ0n) is 10.8. The average Bonchev–Trinajstić information content (AvgIpc) is 2.89. The first kappa shape index (κ1) is 11.5. The first-order valence-corrected chi connectivity index (χ1v) is 5.98. The number of nitrogen functional groups attached to an aromatic ring is 1. The lowest BCUT2D eigenvalue weighted by atomic mass is 10.1. The number of nitrogens with zero attached hydrogens (tertiary/aromatic N) is 3. The molecule has 0 aliphatic carbocycles. The summed E-state index contributed by atoms with van der Waals surface area (Å²) in [5.74, 6) is 0. The molecule has 0 spiro atoms. The summed E-state index contributed by atoms with van der Waals surface area (Å²) in [4.78, 5) is 2.04. The molecule has 5 nitrogen and oxygen atoms in total. The normalized spacial score (nSPS) is 10.8. The van der Waals surface area contributed by atoms with Crippen molar-refractivity contribution < 1.29 is 4.63 Å². The molecule has 2 N–H and O–H groups in total. The van der Waals surface area contributed by atoms with E-state index in [4.69, 9.17) is 10.4 Å². The molecule has 1 heterocycles. The Morgan fingerprint density at radius 1 is 1.11 bits per heavy atom. The first-order chi connectivity index (χ1) is 9.16. The Kier molecular flexibility index (Phi) is 2.59. The summed E-state index contributed by atoms with van der Waals surface area (Å²) < 4.78 is 4.79. The fourth-order valence-electron chi connectivity index (χ4n) is 2.12. The minimum Gasteiger partial charge on any atom is -0.397 e. The molecule has 0 saturated carbocycles. The topological polar surface area (TPSA) is 68.2 Å². The number of hydrogen-bond acceptors (Lipinski definition) is 5. The predicted molar refractivity (Wildman–Crippen MR) is 75.5 cm³/mol. The number of fused-ring (bicyclic) bond motifs is 1. The van der Waals surface area contributed by atoms with Gasteiger partial charge in [-0.25, -0.2) is 4.63 Å². The maximum Gasteiger partial charge on any atom is 0.160 e. The molecule has 0 aliphatic rings. The molecule has 0 aliphatic heterocycles. The van der Waals surface area contributed by atoms with Crippen molar-refractivity contribution in [2.24, 2.45) is 0 Å². The van der Waals surface area contributed by atoms with Gasteiger partial charge in [-0.3, -0.25) is 0 Å². The molecule has 5 heteroatoms. The van der Waals surface area contributed by atoms with Crippen molar-refractivity contribution in [3.8, 4) is 0 Å². The van der Waals surface area contributed by atoms with Crippen molar-refractivity contribution in [2.45, 2.75) is 6.92 Å². The minimum atomic E-state index is 0.567. The number of benzene rings is 2. The maximum absolute atomic E-state index is 5.85. The molecule has 19 heavy (non-hydrogen) atoms. The molecule has 0 bridgehead atoms. The van der Waals surface area contributed by atoms with Crippen molar-refractivity contribution in [3.05, 3.63) is 42.0 Å². The van der Waals surface area contributed by atoms with Crippen molar-refractivity contribution >= 4 is 28.1 Å². The third-order valence-electron chi connectivity index (χ3n) is 3.18. The van der Waals surface area contributed by atoms with Crippen LogP contribution in [0.4, 0.5) is 17.1 Å². The summed E-state index contributed by atoms with van der Waals surface area (Å²) in [5, 5.41) is 7.78. The van der Waals surface area contributed by atoms with E-state index in [0.717, 1.165) is 11.4 Å². The second kappa shape index (κ2) is 4.28. The van der Waals surface area contributed by atoms with E-state index >= 15 is 0 Å². The number of anilines is 3. The van der Waals surface area contributed by atoms with Gasteiger partial charge in [-0.2, -0.15) is 0 Å². The van der Waals surface area contributed by atoms with Gasteiger partial charge in [-0.15, -0.1) is 0 Å². The molecule has 0 unspecified atom stereocenters. The lowest BCUT2D eigenvalue weighted by Crippen LogP contribution is -2.10. The number of nitrogens with two attached hydrogens (primary N) is 1. The smallest absolute Gasteiger partial charge is 0.160 e. The van der Waals surface area contributed by atoms with Crippen LogP contribution < -0.4 is 10.6 Å². The fourth-order valence-corrected chi connectivity index (χ4v) is 2.12. The Hall–Kier alpha value is -2.56. The Morgan fingerprint density at radius 2 is 1.89 bits per heavy atom. The largest absolute Gasteiger partial charge is 0.397 e. The van der Waals surface area contributed by atoms with Gasteiger partial charge in [0.2, 0.25) is 0 Å². The molecule has 0 atom stereocenters. The van der Waals surface area contributed by atoms with Gasteiger partial charge in [0.25, 0.3) is 0 Å². The molecule has 0 saturated heterocycles. The van der Waals surface area contributed by atoms with Crippen LogP contribution in [-0.4, -0.2) is 17.4 Å². The van der Waals surface area contributed by atoms with Gasteiger partial charge in [0.05, 0.1) is 11.4 Å². The van der Waals surface area contributed by atoms with Gasteiger partial charge < -0.3 is 10.6 Å². The molecule has 2 aromatic carbocycles. The van der Waals surface area contributed by atoms with E-state index in [2.05, 4.69) is 29.4 Å². The highest BCUT2D eigenvalue weighted by Crippen LogP contribution is 2.32. The summed E-state index contributed by atoms with van der Waals surface area (Å²) in [6, 6.07) is 12.0. The fraction of sp³-hybridized carbons (Fsp3) is 0.143. The second-order valence-corrected chi connectivity index (χ2v) is 4.53. The maximum atomic E-state index is 5.85. The van der Waals surface area contributed by atoms with Crippen LogP contribution in [0.15, 0.2) is 41.0 Å². The highest BCUT2D eigenvalue weighted by molar-refractivity contribution is 5.96. The number of aromatic nitrogens is 2. The van der Waals surface area contributed by atoms with E-state index in [1.54, 1.807) is 0 Å². The van der Waals surface area contributed by atoms with Crippen LogP contribution in [0.1, 0.15) is 5.56 Å². The van der Waals surface area contributed by atoms with Crippen LogP contribution in [0.25, 0.3) is 11.0 Å². The Labute approximate surface area is 110 Å². The van der Waals surface area contributed by atoms with Crippen LogP contribution in [0.5, 0.6) is 0 Å². The van der Waals surface area contributed by atoms with Crippen LogP contribution in [-0.2, 0) is 0 Å². The summed E-state index contributed by atoms with van der Waals surface area (Å²) in [5.41, 5.74) is 10.9. The van der Waals surface area contributed by atoms with Crippen molar-refractivity contribution in [1.82, 2.24) is 10.3 Å². The van der Waals surface area contributed by atoms with E-state index in [-0.39, 0.29) is 0 Å². The molecule has 3 rings (SSSR count). The van der Waals surface area contributed by atoms with Crippen LogP contribution in [0.2, 0.25) is 0 Å². The quantitative estimate of drug-likeness (QED) is 0.712. The van der Waals surface area contributed by atoms with Crippen LogP contribution >= 0.6 is 0 Å². The standard InChI is InChI=1S/C14H14N4O/c1-9-4-3-5-10(8-9)18(2)12-7-6-11(15)13-14(12)17-19-16-13/h3-8H,15H2,1-2H3. The molecule has 1 aromatic heterocycles. The first-order valence-electron chi connectivity index (χ1n) is 5.98. The number of aryl methyl sites for hydroxylation is 1. The highest BCUT2D eigenvalue weighted by Gasteiger charge is 2.14. The van der Waals surface area contributed by atoms with Gasteiger partial charge in [0.15, 0.2) is 11.0 Å². The molecule has 0 radical (unpaired) electrons. The predicted octanol–water partition coefficient (Wildman–Crippen LogP) is 2.88. The zero-order chi connectivity index (χ0) is 13.4. The zero-order valence-corrected chi connectivity index (χ0v) is 10.8. The average molecular weight is 254 g/mol. The van der Waals surface area contributed by atoms with E-state index in [0.29, 0.717) is 16.7 Å². The summed E-state index contributed by atoms with van der Waals surface area (Å²) in [7, 11) is 1.98. The van der Waals surface area contributed by atoms with Crippen LogP contribution in [0.3, 0.4) is 0 Å². The molecule has 3 aromatic rings. The summed E-state index contributed by atoms with van der Waals surface area (Å²) >= 11 is 0. The van der Waals surface area contributed by atoms with Gasteiger partial charge >= 0.3 is 0 Å². The monoisotopic (exact) mass is 254 g/mol.